The Hall–Kier alpha value is -1.59. The molecule has 0 rings (SSSR count). The van der Waals surface area contributed by atoms with E-state index in [-0.39, 0.29) is 18.2 Å². The van der Waals surface area contributed by atoms with Gasteiger partial charge >= 0.3 is 5.97 Å². The van der Waals surface area contributed by atoms with Crippen LogP contribution < -0.4 is 10.6 Å². The van der Waals surface area contributed by atoms with Gasteiger partial charge in [0.05, 0.1) is 6.42 Å². The largest absolute Gasteiger partial charge is 0.480 e. The molecule has 0 aliphatic heterocycles. The number of nitrogens with one attached hydrogen (secondary N) is 2. The zero-order chi connectivity index (χ0) is 19.9. The molecule has 0 heterocycles. The molecule has 2 amide bonds. The molecule has 6 heteroatoms. The Kier molecular flexibility index (Phi) is 13.7. The lowest BCUT2D eigenvalue weighted by Gasteiger charge is -2.14. The van der Waals surface area contributed by atoms with E-state index in [1.165, 1.54) is 0 Å². The number of hydrogen-bond acceptors (Lipinski definition) is 3. The van der Waals surface area contributed by atoms with Crippen molar-refractivity contribution in [3.05, 3.63) is 0 Å². The first-order valence-electron chi connectivity index (χ1n) is 10.0. The van der Waals surface area contributed by atoms with Crippen LogP contribution in [0.1, 0.15) is 85.5 Å². The Morgan fingerprint density at radius 2 is 1.38 bits per heavy atom. The van der Waals surface area contributed by atoms with Crippen molar-refractivity contribution in [2.75, 3.05) is 6.54 Å². The lowest BCUT2D eigenvalue weighted by Crippen LogP contribution is -2.44. The van der Waals surface area contributed by atoms with Crippen molar-refractivity contribution in [1.29, 1.82) is 0 Å². The van der Waals surface area contributed by atoms with Gasteiger partial charge < -0.3 is 15.7 Å². The molecule has 0 aromatic rings. The van der Waals surface area contributed by atoms with Gasteiger partial charge in [0.2, 0.25) is 11.8 Å². The zero-order valence-corrected chi connectivity index (χ0v) is 17.0. The third kappa shape index (κ3) is 14.7. The molecule has 152 valence electrons. The first-order chi connectivity index (χ1) is 12.2. The maximum absolute atomic E-state index is 11.9. The Morgan fingerprint density at radius 3 is 1.92 bits per heavy atom. The fraction of sp³-hybridized carbons (Fsp3) is 0.850. The molecule has 26 heavy (non-hydrogen) atoms. The van der Waals surface area contributed by atoms with E-state index in [0.717, 1.165) is 44.9 Å². The average molecular weight is 371 g/mol. The molecule has 0 saturated carbocycles. The van der Waals surface area contributed by atoms with E-state index in [1.54, 1.807) is 0 Å². The van der Waals surface area contributed by atoms with Gasteiger partial charge in [-0.05, 0) is 24.7 Å². The lowest BCUT2D eigenvalue weighted by atomic mass is 10.0. The molecule has 0 aromatic heterocycles. The summed E-state index contributed by atoms with van der Waals surface area (Å²) in [7, 11) is 0. The number of rotatable bonds is 15. The summed E-state index contributed by atoms with van der Waals surface area (Å²) in [5.74, 6) is -0.509. The van der Waals surface area contributed by atoms with Crippen LogP contribution in [0.4, 0.5) is 0 Å². The molecular weight excluding hydrogens is 332 g/mol. The first-order valence-corrected chi connectivity index (χ1v) is 10.0. The maximum Gasteiger partial charge on any atom is 0.326 e. The summed E-state index contributed by atoms with van der Waals surface area (Å²) >= 11 is 0. The molecule has 0 bridgehead atoms. The number of carboxylic acids is 1. The van der Waals surface area contributed by atoms with Gasteiger partial charge in [-0.25, -0.2) is 4.79 Å². The van der Waals surface area contributed by atoms with Gasteiger partial charge in [0.15, 0.2) is 0 Å². The molecule has 6 nitrogen and oxygen atoms in total. The maximum atomic E-state index is 11.9. The van der Waals surface area contributed by atoms with E-state index in [2.05, 4.69) is 38.3 Å². The molecule has 3 N–H and O–H groups in total. The molecule has 0 aliphatic carbocycles. The van der Waals surface area contributed by atoms with Gasteiger partial charge in [-0.15, -0.1) is 0 Å². The number of carboxylic acid groups (broad SMARTS) is 1. The summed E-state index contributed by atoms with van der Waals surface area (Å²) < 4.78 is 0. The number of aliphatic carboxylic acids is 1. The summed E-state index contributed by atoms with van der Waals surface area (Å²) in [6.07, 6.45) is 7.02. The van der Waals surface area contributed by atoms with Gasteiger partial charge in [0.1, 0.15) is 6.04 Å². The highest BCUT2D eigenvalue weighted by molar-refractivity contribution is 5.88. The Labute approximate surface area is 158 Å². The second-order valence-corrected chi connectivity index (χ2v) is 7.90. The van der Waals surface area contributed by atoms with Gasteiger partial charge in [-0.1, -0.05) is 59.8 Å². The second-order valence-electron chi connectivity index (χ2n) is 7.90. The van der Waals surface area contributed by atoms with Crippen LogP contribution in [-0.2, 0) is 14.4 Å². The fourth-order valence-electron chi connectivity index (χ4n) is 2.64. The number of unbranched alkanes of at least 4 members (excludes halogenated alkanes) is 3. The van der Waals surface area contributed by atoms with Crippen LogP contribution >= 0.6 is 0 Å². The van der Waals surface area contributed by atoms with Crippen LogP contribution in [0.3, 0.4) is 0 Å². The number of carbonyl (C=O) groups excluding carboxylic acids is 2. The standard InChI is InChI=1S/C20H38N2O4/c1-15(2)10-6-5-7-12-18(23)22-17(20(25)26)14-19(24)21-13-9-8-11-16(3)4/h15-17H,5-14H2,1-4H3,(H,21,24)(H,22,23)(H,25,26)/t17-/m0/s1. The summed E-state index contributed by atoms with van der Waals surface area (Å²) in [5, 5.41) is 14.4. The molecule has 0 radical (unpaired) electrons. The molecular formula is C20H38N2O4. The summed E-state index contributed by atoms with van der Waals surface area (Å²) in [6, 6.07) is -1.16. The van der Waals surface area contributed by atoms with Crippen molar-refractivity contribution in [3.8, 4) is 0 Å². The van der Waals surface area contributed by atoms with Gasteiger partial charge in [-0.2, -0.15) is 0 Å². The van der Waals surface area contributed by atoms with Crippen LogP contribution in [0.2, 0.25) is 0 Å². The van der Waals surface area contributed by atoms with Crippen molar-refractivity contribution in [2.45, 2.75) is 91.5 Å². The van der Waals surface area contributed by atoms with Crippen LogP contribution in [0.25, 0.3) is 0 Å². The molecule has 1 atom stereocenters. The van der Waals surface area contributed by atoms with E-state index >= 15 is 0 Å². The van der Waals surface area contributed by atoms with Crippen molar-refractivity contribution in [1.82, 2.24) is 10.6 Å². The van der Waals surface area contributed by atoms with Crippen LogP contribution in [0.15, 0.2) is 0 Å². The smallest absolute Gasteiger partial charge is 0.326 e. The first kappa shape index (κ1) is 24.4. The molecule has 0 unspecified atom stereocenters. The van der Waals surface area contributed by atoms with Crippen molar-refractivity contribution < 1.29 is 19.5 Å². The van der Waals surface area contributed by atoms with E-state index in [1.807, 2.05) is 0 Å². The normalized spacial score (nSPS) is 12.2. The topological polar surface area (TPSA) is 95.5 Å². The highest BCUT2D eigenvalue weighted by atomic mass is 16.4. The summed E-state index contributed by atoms with van der Waals surface area (Å²) in [5.41, 5.74) is 0. The van der Waals surface area contributed by atoms with Crippen LogP contribution in [0.5, 0.6) is 0 Å². The Balaban J connectivity index is 4.02. The van der Waals surface area contributed by atoms with Crippen molar-refractivity contribution in [3.63, 3.8) is 0 Å². The third-order valence-corrected chi connectivity index (χ3v) is 4.24. The van der Waals surface area contributed by atoms with E-state index in [4.69, 9.17) is 0 Å². The van der Waals surface area contributed by atoms with Crippen molar-refractivity contribution in [2.24, 2.45) is 11.8 Å². The van der Waals surface area contributed by atoms with Crippen molar-refractivity contribution >= 4 is 17.8 Å². The minimum Gasteiger partial charge on any atom is -0.480 e. The van der Waals surface area contributed by atoms with Crippen LogP contribution in [-0.4, -0.2) is 35.5 Å². The fourth-order valence-corrected chi connectivity index (χ4v) is 2.64. The van der Waals surface area contributed by atoms with E-state index in [9.17, 15) is 19.5 Å². The number of hydrogen-bond donors (Lipinski definition) is 3. The third-order valence-electron chi connectivity index (χ3n) is 4.24. The average Bonchev–Trinajstić information content (AvgIpc) is 2.52. The van der Waals surface area contributed by atoms with E-state index < -0.39 is 12.0 Å². The molecule has 0 spiro atoms. The monoisotopic (exact) mass is 370 g/mol. The Bertz CT molecular complexity index is 390. The highest BCUT2D eigenvalue weighted by Crippen LogP contribution is 2.09. The summed E-state index contributed by atoms with van der Waals surface area (Å²) in [4.78, 5) is 35.0. The van der Waals surface area contributed by atoms with Gasteiger partial charge in [-0.3, -0.25) is 9.59 Å². The molecule has 0 aliphatic rings. The highest BCUT2D eigenvalue weighted by Gasteiger charge is 2.22. The Morgan fingerprint density at radius 1 is 0.808 bits per heavy atom. The molecule has 0 aromatic carbocycles. The SMILES string of the molecule is CC(C)CCCCCC(=O)N[C@@H](CC(=O)NCCCCC(C)C)C(=O)O. The minimum absolute atomic E-state index is 0.224. The van der Waals surface area contributed by atoms with Crippen LogP contribution in [0, 0.1) is 11.8 Å². The van der Waals surface area contributed by atoms with Gasteiger partial charge in [0, 0.05) is 13.0 Å². The zero-order valence-electron chi connectivity index (χ0n) is 17.0. The van der Waals surface area contributed by atoms with E-state index in [0.29, 0.717) is 24.8 Å². The number of amides is 2. The van der Waals surface area contributed by atoms with Gasteiger partial charge in [0.25, 0.3) is 0 Å². The predicted molar refractivity (Wildman–Crippen MR) is 104 cm³/mol. The number of carbonyl (C=O) groups is 3. The quantitative estimate of drug-likeness (QED) is 0.385. The molecule has 0 saturated heterocycles. The second kappa shape index (κ2) is 14.6. The minimum atomic E-state index is -1.17. The lowest BCUT2D eigenvalue weighted by molar-refractivity contribution is -0.143. The predicted octanol–water partition coefficient (Wildman–Crippen LogP) is 3.49. The summed E-state index contributed by atoms with van der Waals surface area (Å²) in [6.45, 7) is 9.19. The molecule has 0 fully saturated rings.